The highest BCUT2D eigenvalue weighted by atomic mass is 16.7. The summed E-state index contributed by atoms with van der Waals surface area (Å²) in [5.74, 6) is -4.81. The number of benzene rings is 3. The number of nitrogens with zero attached hydrogens (tertiary/aromatic N) is 3. The zero-order valence-corrected chi connectivity index (χ0v) is 40.3. The number of ether oxygens (including phenoxy) is 5. The van der Waals surface area contributed by atoms with E-state index < -0.39 is 58.9 Å². The summed E-state index contributed by atoms with van der Waals surface area (Å²) >= 11 is 0. The molecule has 3 N–H and O–H groups in total. The number of methoxy groups -OCH3 is 1. The average Bonchev–Trinajstić information content (AvgIpc) is 3.59. The van der Waals surface area contributed by atoms with Gasteiger partial charge in [-0.3, -0.25) is 19.2 Å². The van der Waals surface area contributed by atoms with Gasteiger partial charge in [0.05, 0.1) is 36.0 Å². The minimum Gasteiger partial charge on any atom is -0.507 e. The fourth-order valence-electron chi connectivity index (χ4n) is 9.08. The molecule has 4 aliphatic rings. The van der Waals surface area contributed by atoms with Crippen molar-refractivity contribution in [2.24, 2.45) is 29.6 Å². The Morgan fingerprint density at radius 2 is 1.74 bits per heavy atom. The van der Waals surface area contributed by atoms with Gasteiger partial charge in [-0.15, -0.1) is 0 Å². The predicted molar refractivity (Wildman–Crippen MR) is 257 cm³/mol. The van der Waals surface area contributed by atoms with Gasteiger partial charge >= 0.3 is 11.8 Å². The minimum absolute atomic E-state index is 0.0163. The highest BCUT2D eigenvalue weighted by molar-refractivity contribution is 6.22. The van der Waals surface area contributed by atoms with Crippen LogP contribution in [0.25, 0.3) is 33.3 Å². The van der Waals surface area contributed by atoms with Gasteiger partial charge in [0.25, 0.3) is 11.7 Å². The van der Waals surface area contributed by atoms with Crippen LogP contribution < -0.4 is 25.1 Å². The number of anilines is 2. The molecule has 0 saturated heterocycles. The van der Waals surface area contributed by atoms with Crippen molar-refractivity contribution in [2.45, 2.75) is 86.4 Å². The van der Waals surface area contributed by atoms with Crippen molar-refractivity contribution in [3.8, 4) is 28.7 Å². The normalized spacial score (nSPS) is 27.6. The number of ketones is 1. The van der Waals surface area contributed by atoms with Crippen molar-refractivity contribution in [3.05, 3.63) is 100 Å². The van der Waals surface area contributed by atoms with Crippen LogP contribution in [0.1, 0.15) is 71.3 Å². The van der Waals surface area contributed by atoms with Gasteiger partial charge in [-0.1, -0.05) is 58.9 Å². The quantitative estimate of drug-likeness (QED) is 0.0799. The fourth-order valence-corrected chi connectivity index (χ4v) is 9.08. The standard InChI is InChI=1S/C52H60N4O12/c1-26-15-14-16-27(2)51(62)55-43-46(60)40-39(42-49(43)67-37-25-34(18-19-35(37)54-42)64-24-22-56(10)38-17-12-13-21-53-38)41-48(32(7)45(40)59)68-52(9,50(41)61)65-23-20-36(63-11)31(6)47(66-33(8)57)30(5)28(3)29(4)44(26)58/h12-21,23,25-26,28-31,36,44,47,58-59H,22,24H2,1-11H3,(H,55,62)/b15-14+,23-20+,27-16-/t26-,28+,29-,30+,31+,36-,44-,47-,52-/m0/s1. The molecule has 0 saturated carbocycles. The molecule has 16 nitrogen and oxygen atoms in total. The number of aliphatic hydroxyl groups is 1. The first-order valence-electron chi connectivity index (χ1n) is 22.7. The summed E-state index contributed by atoms with van der Waals surface area (Å²) in [6, 6.07) is 10.6. The molecule has 0 radical (unpaired) electrons. The van der Waals surface area contributed by atoms with Gasteiger partial charge in [0.1, 0.15) is 52.7 Å². The molecule has 3 aliphatic heterocycles. The molecular formula is C52H60N4O12. The van der Waals surface area contributed by atoms with Gasteiger partial charge < -0.3 is 48.5 Å². The number of likely N-dealkylation sites (N-methyl/N-ethyl adjacent to an activating group) is 1. The lowest BCUT2D eigenvalue weighted by atomic mass is 9.73. The maximum absolute atomic E-state index is 14.8. The number of amides is 1. The van der Waals surface area contributed by atoms with E-state index in [2.05, 4.69) is 10.3 Å². The molecule has 16 heteroatoms. The number of hydrogen-bond acceptors (Lipinski definition) is 15. The third-order valence-electron chi connectivity index (χ3n) is 13.6. The smallest absolute Gasteiger partial charge is 0.312 e. The topological polar surface area (TPSA) is 209 Å². The lowest BCUT2D eigenvalue weighted by Gasteiger charge is -2.39. The van der Waals surface area contributed by atoms with Gasteiger partial charge in [0, 0.05) is 68.6 Å². The predicted octanol–water partition coefficient (Wildman–Crippen LogP) is 8.13. The lowest BCUT2D eigenvalue weighted by molar-refractivity contribution is -0.157. The van der Waals surface area contributed by atoms with E-state index in [-0.39, 0.29) is 86.2 Å². The molecule has 0 unspecified atom stereocenters. The average molecular weight is 933 g/mol. The summed E-state index contributed by atoms with van der Waals surface area (Å²) in [6.45, 7) is 16.3. The minimum atomic E-state index is -2.01. The van der Waals surface area contributed by atoms with E-state index in [1.807, 2.05) is 64.8 Å². The maximum atomic E-state index is 14.8. The number of Topliss-reactive ketones (excluding diaryl/α,β-unsaturated/α-hetero) is 1. The number of phenols is 1. The second-order valence-corrected chi connectivity index (χ2v) is 18.2. The Bertz CT molecular complexity index is 2860. The highest BCUT2D eigenvalue weighted by Gasteiger charge is 2.50. The van der Waals surface area contributed by atoms with Crippen molar-refractivity contribution in [1.29, 1.82) is 0 Å². The molecule has 2 aromatic carbocycles. The van der Waals surface area contributed by atoms with Gasteiger partial charge in [0.15, 0.2) is 11.3 Å². The van der Waals surface area contributed by atoms with E-state index in [1.54, 1.807) is 55.6 Å². The van der Waals surface area contributed by atoms with Crippen LogP contribution in [0.2, 0.25) is 0 Å². The van der Waals surface area contributed by atoms with Crippen LogP contribution in [0.15, 0.2) is 87.9 Å². The van der Waals surface area contributed by atoms with E-state index in [0.29, 0.717) is 17.8 Å². The number of hydrogen-bond donors (Lipinski definition) is 3. The highest BCUT2D eigenvalue weighted by Crippen LogP contribution is 2.50. The molecule has 0 spiro atoms. The number of phenolic OH excluding ortho intramolecular Hbond substituents is 1. The van der Waals surface area contributed by atoms with Crippen LogP contribution >= 0.6 is 0 Å². The Kier molecular flexibility index (Phi) is 14.3. The summed E-state index contributed by atoms with van der Waals surface area (Å²) in [6.07, 6.45) is 7.41. The lowest BCUT2D eigenvalue weighted by Crippen LogP contribution is -2.43. The van der Waals surface area contributed by atoms with Gasteiger partial charge in [0.2, 0.25) is 5.43 Å². The van der Waals surface area contributed by atoms with E-state index in [1.165, 1.54) is 34.1 Å². The molecule has 9 atom stereocenters. The molecule has 1 aromatic heterocycles. The van der Waals surface area contributed by atoms with Crippen LogP contribution in [0.4, 0.5) is 11.5 Å². The number of nitrogens with one attached hydrogen (secondary N) is 1. The summed E-state index contributed by atoms with van der Waals surface area (Å²) in [5.41, 5.74) is -0.479. The number of allylic oxidation sites excluding steroid dienone is 2. The fraction of sp³-hybridized carbons (Fsp3) is 0.423. The third kappa shape index (κ3) is 9.39. The summed E-state index contributed by atoms with van der Waals surface area (Å²) < 4.78 is 36.8. The Hall–Kier alpha value is -6.78. The van der Waals surface area contributed by atoms with Crippen LogP contribution in [-0.2, 0) is 23.8 Å². The van der Waals surface area contributed by atoms with Crippen LogP contribution in [0.5, 0.6) is 17.2 Å². The molecule has 7 rings (SSSR count). The van der Waals surface area contributed by atoms with Crippen LogP contribution in [0.3, 0.4) is 0 Å². The molecule has 1 aliphatic carbocycles. The molecule has 4 bridgehead atoms. The Labute approximate surface area is 394 Å². The number of fused-ring (bicyclic) bond motifs is 2. The number of pyridine rings is 1. The first-order valence-corrected chi connectivity index (χ1v) is 22.7. The van der Waals surface area contributed by atoms with Crippen LogP contribution in [-0.4, -0.2) is 89.2 Å². The summed E-state index contributed by atoms with van der Waals surface area (Å²) in [7, 11) is 3.40. The molecule has 3 aromatic rings. The molecular weight excluding hydrogens is 873 g/mol. The molecule has 360 valence electrons. The number of aromatic nitrogens is 2. The zero-order valence-electron chi connectivity index (χ0n) is 40.3. The molecule has 0 fully saturated rings. The Morgan fingerprint density at radius 1 is 0.985 bits per heavy atom. The van der Waals surface area contributed by atoms with E-state index in [0.717, 1.165) is 5.82 Å². The first-order chi connectivity index (χ1) is 32.3. The number of carbonyl (C=O) groups is 3. The molecule has 68 heavy (non-hydrogen) atoms. The van der Waals surface area contributed by atoms with Crippen LogP contribution in [0, 0.1) is 36.5 Å². The largest absolute Gasteiger partial charge is 0.507 e. The monoisotopic (exact) mass is 932 g/mol. The van der Waals surface area contributed by atoms with Gasteiger partial charge in [-0.2, -0.15) is 0 Å². The SMILES string of the molecule is CO[C@H]1/C=C/O[C@@]2(C)Oc3c(C)c(O)c4c(=O)c(c5oc6cc(OCCN(C)c7ccccn7)ccc6nc-5c4c3C2=O)NC(=O)/C(C)=C\C=C\[C@H](C)[C@H](O)[C@@H](C)[C@@H](C)[C@@H](C)[C@H](OC(C)=O)[C@@H]1C. The number of aliphatic hydroxyl groups excluding tert-OH is 1. The number of carbonyl (C=O) groups excluding carboxylic acids is 3. The third-order valence-corrected chi connectivity index (χ3v) is 13.6. The maximum Gasteiger partial charge on any atom is 0.312 e. The summed E-state index contributed by atoms with van der Waals surface area (Å²) in [5, 5.41) is 25.8. The van der Waals surface area contributed by atoms with Crippen molar-refractivity contribution >= 4 is 51.0 Å². The van der Waals surface area contributed by atoms with Gasteiger partial charge in [-0.05, 0) is 61.9 Å². The van der Waals surface area contributed by atoms with E-state index >= 15 is 0 Å². The molecule has 1 amide bonds. The van der Waals surface area contributed by atoms with Gasteiger partial charge in [-0.25, -0.2) is 9.97 Å². The van der Waals surface area contributed by atoms with Crippen molar-refractivity contribution in [3.63, 3.8) is 0 Å². The molecule has 4 heterocycles. The number of esters is 1. The van der Waals surface area contributed by atoms with E-state index in [9.17, 15) is 29.4 Å². The zero-order chi connectivity index (χ0) is 49.4. The second-order valence-electron chi connectivity index (χ2n) is 18.2. The van der Waals surface area contributed by atoms with E-state index in [4.69, 9.17) is 33.1 Å². The van der Waals surface area contributed by atoms with Crippen molar-refractivity contribution in [1.82, 2.24) is 9.97 Å². The Balaban J connectivity index is 1.38. The number of rotatable bonds is 7. The first kappa shape index (κ1) is 49.1. The second kappa shape index (κ2) is 19.8. The summed E-state index contributed by atoms with van der Waals surface area (Å²) in [4.78, 5) is 67.4. The Morgan fingerprint density at radius 3 is 2.43 bits per heavy atom. The van der Waals surface area contributed by atoms with Crippen molar-refractivity contribution < 1.29 is 52.7 Å². The van der Waals surface area contributed by atoms with Crippen molar-refractivity contribution in [2.75, 3.05) is 37.5 Å². The number of aromatic hydroxyl groups is 1.